The Labute approximate surface area is 174 Å². The molecule has 1 atom stereocenters. The minimum atomic E-state index is -0.681. The number of hydrogen-bond acceptors (Lipinski definition) is 5. The molecule has 3 aromatic rings. The molecule has 30 heavy (non-hydrogen) atoms. The van der Waals surface area contributed by atoms with Gasteiger partial charge in [-0.15, -0.1) is 10.2 Å². The zero-order valence-corrected chi connectivity index (χ0v) is 16.6. The van der Waals surface area contributed by atoms with E-state index >= 15 is 0 Å². The molecule has 0 radical (unpaired) electrons. The minimum absolute atomic E-state index is 0.147. The SMILES string of the molecule is C/C=C/c1ccc2c(c1)NC(=O)[C@@H](NC(=O)c1nnc(Cc3ccccc3)o1)CC2. The van der Waals surface area contributed by atoms with E-state index in [-0.39, 0.29) is 11.8 Å². The van der Waals surface area contributed by atoms with E-state index in [0.717, 1.165) is 22.4 Å². The normalized spacial score (nSPS) is 16.0. The first-order valence-corrected chi connectivity index (χ1v) is 9.86. The van der Waals surface area contributed by atoms with Gasteiger partial charge in [0.1, 0.15) is 6.04 Å². The van der Waals surface area contributed by atoms with Gasteiger partial charge >= 0.3 is 11.8 Å². The third-order valence-electron chi connectivity index (χ3n) is 4.93. The zero-order valence-electron chi connectivity index (χ0n) is 16.6. The number of allylic oxidation sites excluding steroid dienone is 1. The van der Waals surface area contributed by atoms with Crippen molar-refractivity contribution in [2.24, 2.45) is 0 Å². The number of benzene rings is 2. The summed E-state index contributed by atoms with van der Waals surface area (Å²) in [5, 5.41) is 13.4. The van der Waals surface area contributed by atoms with E-state index in [1.165, 1.54) is 0 Å². The quantitative estimate of drug-likeness (QED) is 0.682. The Morgan fingerprint density at radius 3 is 2.87 bits per heavy atom. The first-order chi connectivity index (χ1) is 14.6. The summed E-state index contributed by atoms with van der Waals surface area (Å²) < 4.78 is 5.49. The summed E-state index contributed by atoms with van der Waals surface area (Å²) in [6.45, 7) is 1.94. The topological polar surface area (TPSA) is 97.1 Å². The molecule has 2 heterocycles. The predicted molar refractivity (Wildman–Crippen MR) is 113 cm³/mol. The van der Waals surface area contributed by atoms with Crippen LogP contribution in [-0.2, 0) is 17.6 Å². The van der Waals surface area contributed by atoms with Crippen molar-refractivity contribution in [2.75, 3.05) is 5.32 Å². The maximum Gasteiger partial charge on any atom is 0.309 e. The molecule has 0 saturated heterocycles. The molecule has 1 aliphatic rings. The van der Waals surface area contributed by atoms with E-state index in [1.54, 1.807) is 0 Å². The lowest BCUT2D eigenvalue weighted by molar-refractivity contribution is -0.118. The number of carbonyl (C=O) groups excluding carboxylic acids is 2. The Bertz CT molecular complexity index is 1090. The Kier molecular flexibility index (Phi) is 5.70. The fourth-order valence-corrected chi connectivity index (χ4v) is 3.42. The number of amides is 2. The Hall–Kier alpha value is -3.74. The van der Waals surface area contributed by atoms with E-state index in [4.69, 9.17) is 4.42 Å². The van der Waals surface area contributed by atoms with Crippen LogP contribution < -0.4 is 10.6 Å². The number of aryl methyl sites for hydroxylation is 1. The molecule has 0 unspecified atom stereocenters. The second-order valence-electron chi connectivity index (χ2n) is 7.13. The maximum atomic E-state index is 12.6. The number of anilines is 1. The van der Waals surface area contributed by atoms with Gasteiger partial charge in [0.05, 0.1) is 6.42 Å². The summed E-state index contributed by atoms with van der Waals surface area (Å²) in [6.07, 6.45) is 5.50. The van der Waals surface area contributed by atoms with Crippen molar-refractivity contribution < 1.29 is 14.0 Å². The second kappa shape index (κ2) is 8.73. The van der Waals surface area contributed by atoms with Gasteiger partial charge < -0.3 is 15.1 Å². The molecular formula is C23H22N4O3. The molecule has 0 spiro atoms. The van der Waals surface area contributed by atoms with Crippen molar-refractivity contribution >= 4 is 23.6 Å². The number of nitrogens with one attached hydrogen (secondary N) is 2. The molecule has 1 aliphatic heterocycles. The predicted octanol–water partition coefficient (Wildman–Crippen LogP) is 3.38. The van der Waals surface area contributed by atoms with Crippen molar-refractivity contribution in [1.29, 1.82) is 0 Å². The van der Waals surface area contributed by atoms with Gasteiger partial charge in [-0.3, -0.25) is 9.59 Å². The highest BCUT2D eigenvalue weighted by Crippen LogP contribution is 2.24. The van der Waals surface area contributed by atoms with Crippen molar-refractivity contribution in [2.45, 2.75) is 32.2 Å². The van der Waals surface area contributed by atoms with Gasteiger partial charge in [0.2, 0.25) is 11.8 Å². The molecule has 7 nitrogen and oxygen atoms in total. The Morgan fingerprint density at radius 2 is 2.07 bits per heavy atom. The van der Waals surface area contributed by atoms with Gasteiger partial charge in [-0.25, -0.2) is 0 Å². The number of aromatic nitrogens is 2. The minimum Gasteiger partial charge on any atom is -0.417 e. The Morgan fingerprint density at radius 1 is 1.23 bits per heavy atom. The second-order valence-corrected chi connectivity index (χ2v) is 7.13. The number of hydrogen-bond donors (Lipinski definition) is 2. The molecule has 152 valence electrons. The first-order valence-electron chi connectivity index (χ1n) is 9.86. The Balaban J connectivity index is 1.42. The molecule has 0 fully saturated rings. The summed E-state index contributed by atoms with van der Waals surface area (Å²) in [7, 11) is 0. The van der Waals surface area contributed by atoms with Crippen LogP contribution in [0.4, 0.5) is 5.69 Å². The van der Waals surface area contributed by atoms with Gasteiger partial charge in [-0.05, 0) is 42.5 Å². The molecular weight excluding hydrogens is 380 g/mol. The molecule has 7 heteroatoms. The number of carbonyl (C=O) groups is 2. The lowest BCUT2D eigenvalue weighted by atomic mass is 10.0. The summed E-state index contributed by atoms with van der Waals surface area (Å²) in [4.78, 5) is 25.2. The van der Waals surface area contributed by atoms with Gasteiger partial charge in [-0.2, -0.15) is 0 Å². The first kappa shape index (κ1) is 19.6. The van der Waals surface area contributed by atoms with Crippen molar-refractivity contribution in [1.82, 2.24) is 15.5 Å². The van der Waals surface area contributed by atoms with Gasteiger partial charge in [0.25, 0.3) is 0 Å². The smallest absolute Gasteiger partial charge is 0.309 e. The third-order valence-corrected chi connectivity index (χ3v) is 4.93. The van der Waals surface area contributed by atoms with E-state index in [1.807, 2.05) is 67.6 Å². The molecule has 2 amide bonds. The van der Waals surface area contributed by atoms with Crippen LogP contribution in [0.5, 0.6) is 0 Å². The number of rotatable bonds is 5. The molecule has 2 N–H and O–H groups in total. The fourth-order valence-electron chi connectivity index (χ4n) is 3.42. The van der Waals surface area contributed by atoms with Crippen LogP contribution >= 0.6 is 0 Å². The van der Waals surface area contributed by atoms with Gasteiger partial charge in [0.15, 0.2) is 0 Å². The highest BCUT2D eigenvalue weighted by molar-refractivity contribution is 6.00. The highest BCUT2D eigenvalue weighted by Gasteiger charge is 2.27. The lowest BCUT2D eigenvalue weighted by Crippen LogP contribution is -2.43. The van der Waals surface area contributed by atoms with Crippen molar-refractivity contribution in [3.05, 3.63) is 83.1 Å². The molecule has 0 aliphatic carbocycles. The molecule has 0 bridgehead atoms. The zero-order chi connectivity index (χ0) is 20.9. The van der Waals surface area contributed by atoms with E-state index in [0.29, 0.717) is 25.2 Å². The number of fused-ring (bicyclic) bond motifs is 1. The van der Waals surface area contributed by atoms with Crippen LogP contribution in [-0.4, -0.2) is 28.1 Å². The largest absolute Gasteiger partial charge is 0.417 e. The maximum absolute atomic E-state index is 12.6. The van der Waals surface area contributed by atoms with Crippen LogP contribution in [0.1, 0.15) is 46.6 Å². The standard InChI is InChI=1S/C23H22N4O3/c1-2-6-15-9-10-17-11-12-18(21(28)25-19(17)13-15)24-22(29)23-27-26-20(30-23)14-16-7-4-3-5-8-16/h2-10,13,18H,11-12,14H2,1H3,(H,24,29)(H,25,28)/b6-2+/t18-/m0/s1. The van der Waals surface area contributed by atoms with Crippen LogP contribution in [0.25, 0.3) is 6.08 Å². The van der Waals surface area contributed by atoms with Crippen molar-refractivity contribution in [3.8, 4) is 0 Å². The van der Waals surface area contributed by atoms with E-state index in [9.17, 15) is 9.59 Å². The average molecular weight is 402 g/mol. The molecule has 1 aromatic heterocycles. The average Bonchev–Trinajstić information content (AvgIpc) is 3.15. The van der Waals surface area contributed by atoms with Gasteiger partial charge in [-0.1, -0.05) is 54.6 Å². The molecule has 4 rings (SSSR count). The summed E-state index contributed by atoms with van der Waals surface area (Å²) in [6, 6.07) is 14.9. The third kappa shape index (κ3) is 4.46. The van der Waals surface area contributed by atoms with E-state index in [2.05, 4.69) is 20.8 Å². The van der Waals surface area contributed by atoms with Crippen molar-refractivity contribution in [3.63, 3.8) is 0 Å². The summed E-state index contributed by atoms with van der Waals surface area (Å²) >= 11 is 0. The van der Waals surface area contributed by atoms with E-state index < -0.39 is 11.9 Å². The van der Waals surface area contributed by atoms with Crippen LogP contribution in [0, 0.1) is 0 Å². The highest BCUT2D eigenvalue weighted by atomic mass is 16.4. The van der Waals surface area contributed by atoms with Crippen LogP contribution in [0.15, 0.2) is 59.0 Å². The van der Waals surface area contributed by atoms with Crippen LogP contribution in [0.2, 0.25) is 0 Å². The lowest BCUT2D eigenvalue weighted by Gasteiger charge is -2.13. The van der Waals surface area contributed by atoms with Gasteiger partial charge in [0, 0.05) is 5.69 Å². The monoisotopic (exact) mass is 402 g/mol. The molecule has 0 saturated carbocycles. The molecule has 2 aromatic carbocycles. The number of nitrogens with zero attached hydrogens (tertiary/aromatic N) is 2. The van der Waals surface area contributed by atoms with Crippen LogP contribution in [0.3, 0.4) is 0 Å². The summed E-state index contributed by atoms with van der Waals surface area (Å²) in [5.74, 6) is -0.613. The fraction of sp³-hybridized carbons (Fsp3) is 0.217. The summed E-state index contributed by atoms with van der Waals surface area (Å²) in [5.41, 5.74) is 3.83.